The van der Waals surface area contributed by atoms with Gasteiger partial charge in [-0.2, -0.15) is 13.2 Å². The van der Waals surface area contributed by atoms with Crippen LogP contribution in [0.3, 0.4) is 0 Å². The Morgan fingerprint density at radius 2 is 1.72 bits per heavy atom. The quantitative estimate of drug-likeness (QED) is 0.432. The van der Waals surface area contributed by atoms with Gasteiger partial charge in [-0.1, -0.05) is 35.9 Å². The first-order chi connectivity index (χ1) is 15.3. The van der Waals surface area contributed by atoms with Crippen molar-refractivity contribution >= 4 is 23.3 Å². The lowest BCUT2D eigenvalue weighted by atomic mass is 10.0. The Morgan fingerprint density at radius 1 is 1.03 bits per heavy atom. The third-order valence-electron chi connectivity index (χ3n) is 5.42. The molecular formula is C24H20ClF3N2O2. The molecule has 0 radical (unpaired) electrons. The van der Waals surface area contributed by atoms with Crippen LogP contribution in [0.15, 0.2) is 72.8 Å². The van der Waals surface area contributed by atoms with Crippen LogP contribution in [-0.2, 0) is 12.7 Å². The molecule has 0 aromatic heterocycles. The fourth-order valence-corrected chi connectivity index (χ4v) is 3.93. The van der Waals surface area contributed by atoms with E-state index in [4.69, 9.17) is 16.3 Å². The van der Waals surface area contributed by atoms with Gasteiger partial charge < -0.3 is 9.64 Å². The van der Waals surface area contributed by atoms with Crippen molar-refractivity contribution in [1.82, 2.24) is 4.90 Å². The monoisotopic (exact) mass is 460 g/mol. The minimum absolute atomic E-state index is 0.245. The van der Waals surface area contributed by atoms with Crippen LogP contribution in [0.25, 0.3) is 0 Å². The van der Waals surface area contributed by atoms with Crippen LogP contribution < -0.4 is 9.64 Å². The molecule has 1 fully saturated rings. The number of halogens is 4. The van der Waals surface area contributed by atoms with E-state index in [-0.39, 0.29) is 12.6 Å². The molecule has 3 aromatic rings. The number of hydrogen-bond acceptors (Lipinski definition) is 2. The van der Waals surface area contributed by atoms with Gasteiger partial charge in [0.1, 0.15) is 5.75 Å². The zero-order valence-corrected chi connectivity index (χ0v) is 17.9. The summed E-state index contributed by atoms with van der Waals surface area (Å²) in [4.78, 5) is 16.5. The highest BCUT2D eigenvalue weighted by Crippen LogP contribution is 2.38. The second-order valence-electron chi connectivity index (χ2n) is 7.50. The molecule has 4 nitrogen and oxygen atoms in total. The lowest BCUT2D eigenvalue weighted by Gasteiger charge is -2.24. The second kappa shape index (κ2) is 8.74. The molecule has 2 amide bonds. The van der Waals surface area contributed by atoms with E-state index in [1.54, 1.807) is 54.5 Å². The Morgan fingerprint density at radius 3 is 2.34 bits per heavy atom. The van der Waals surface area contributed by atoms with Gasteiger partial charge in [0.2, 0.25) is 0 Å². The third kappa shape index (κ3) is 4.53. The van der Waals surface area contributed by atoms with Crippen LogP contribution in [0, 0.1) is 0 Å². The summed E-state index contributed by atoms with van der Waals surface area (Å²) in [7, 11) is 1.57. The van der Waals surface area contributed by atoms with E-state index < -0.39 is 17.8 Å². The Balaban J connectivity index is 1.69. The smallest absolute Gasteiger partial charge is 0.416 e. The largest absolute Gasteiger partial charge is 0.497 e. The van der Waals surface area contributed by atoms with Crippen LogP contribution >= 0.6 is 11.6 Å². The van der Waals surface area contributed by atoms with Crippen molar-refractivity contribution in [2.75, 3.05) is 18.6 Å². The second-order valence-corrected chi connectivity index (χ2v) is 7.93. The van der Waals surface area contributed by atoms with Gasteiger partial charge in [-0.05, 0) is 59.7 Å². The van der Waals surface area contributed by atoms with Gasteiger partial charge in [-0.3, -0.25) is 4.90 Å². The number of ether oxygens (including phenoxy) is 1. The van der Waals surface area contributed by atoms with Crippen molar-refractivity contribution < 1.29 is 22.7 Å². The normalized spacial score (nSPS) is 16.5. The van der Waals surface area contributed by atoms with E-state index in [1.807, 2.05) is 12.1 Å². The molecule has 166 valence electrons. The molecule has 1 aliphatic heterocycles. The topological polar surface area (TPSA) is 32.8 Å². The summed E-state index contributed by atoms with van der Waals surface area (Å²) >= 11 is 5.99. The number of carbonyl (C=O) groups is 1. The Hall–Kier alpha value is -3.19. The molecule has 1 saturated heterocycles. The van der Waals surface area contributed by atoms with Crippen molar-refractivity contribution in [3.05, 3.63) is 94.5 Å². The molecule has 3 aromatic carbocycles. The molecular weight excluding hydrogens is 441 g/mol. The maximum atomic E-state index is 13.4. The average Bonchev–Trinajstić information content (AvgIpc) is 3.10. The van der Waals surface area contributed by atoms with E-state index in [9.17, 15) is 18.0 Å². The van der Waals surface area contributed by atoms with E-state index >= 15 is 0 Å². The molecule has 32 heavy (non-hydrogen) atoms. The Bertz CT molecular complexity index is 1100. The van der Waals surface area contributed by atoms with Gasteiger partial charge in [-0.25, -0.2) is 4.79 Å². The minimum atomic E-state index is -4.47. The SMILES string of the molecule is COc1ccc(CN2CC(c3cccc(C(F)(F)F)c3)N(c3ccc(Cl)cc3)C2=O)cc1. The van der Waals surface area contributed by atoms with Crippen molar-refractivity contribution in [3.8, 4) is 5.75 Å². The zero-order chi connectivity index (χ0) is 22.9. The summed E-state index contributed by atoms with van der Waals surface area (Å²) < 4.78 is 45.1. The van der Waals surface area contributed by atoms with Gasteiger partial charge >= 0.3 is 12.2 Å². The van der Waals surface area contributed by atoms with Crippen molar-refractivity contribution in [1.29, 1.82) is 0 Å². The lowest BCUT2D eigenvalue weighted by Crippen LogP contribution is -2.32. The van der Waals surface area contributed by atoms with Gasteiger partial charge in [0.25, 0.3) is 0 Å². The zero-order valence-electron chi connectivity index (χ0n) is 17.1. The number of alkyl halides is 3. The van der Waals surface area contributed by atoms with E-state index in [2.05, 4.69) is 0 Å². The number of urea groups is 1. The number of nitrogens with zero attached hydrogens (tertiary/aromatic N) is 2. The maximum Gasteiger partial charge on any atom is 0.416 e. The maximum absolute atomic E-state index is 13.4. The predicted molar refractivity (Wildman–Crippen MR) is 117 cm³/mol. The average molecular weight is 461 g/mol. The highest BCUT2D eigenvalue weighted by molar-refractivity contribution is 6.30. The summed E-state index contributed by atoms with van der Waals surface area (Å²) in [5.74, 6) is 0.700. The van der Waals surface area contributed by atoms with Crippen LogP contribution in [0.1, 0.15) is 22.7 Å². The molecule has 4 rings (SSSR count). The molecule has 1 unspecified atom stereocenters. The number of anilines is 1. The lowest BCUT2D eigenvalue weighted by molar-refractivity contribution is -0.137. The molecule has 0 spiro atoms. The molecule has 1 atom stereocenters. The van der Waals surface area contributed by atoms with E-state index in [0.29, 0.717) is 28.6 Å². The summed E-state index contributed by atoms with van der Waals surface area (Å²) in [6, 6.07) is 18.3. The van der Waals surface area contributed by atoms with E-state index in [0.717, 1.165) is 17.7 Å². The molecule has 8 heteroatoms. The van der Waals surface area contributed by atoms with Crippen LogP contribution in [0.5, 0.6) is 5.75 Å². The van der Waals surface area contributed by atoms with Crippen molar-refractivity contribution in [2.24, 2.45) is 0 Å². The third-order valence-corrected chi connectivity index (χ3v) is 5.67. The number of amides is 2. The van der Waals surface area contributed by atoms with Crippen LogP contribution in [0.2, 0.25) is 5.02 Å². The van der Waals surface area contributed by atoms with Gasteiger partial charge in [0.15, 0.2) is 0 Å². The summed E-state index contributed by atoms with van der Waals surface area (Å²) in [5.41, 5.74) is 1.13. The summed E-state index contributed by atoms with van der Waals surface area (Å²) in [6.07, 6.45) is -4.47. The van der Waals surface area contributed by atoms with Crippen LogP contribution in [-0.4, -0.2) is 24.6 Å². The fourth-order valence-electron chi connectivity index (χ4n) is 3.81. The Kier molecular flexibility index (Phi) is 6.02. The van der Waals surface area contributed by atoms with Gasteiger partial charge in [-0.15, -0.1) is 0 Å². The van der Waals surface area contributed by atoms with E-state index in [1.165, 1.54) is 11.0 Å². The number of methoxy groups -OCH3 is 1. The summed E-state index contributed by atoms with van der Waals surface area (Å²) in [5, 5.41) is 0.506. The summed E-state index contributed by atoms with van der Waals surface area (Å²) in [6.45, 7) is 0.567. The first-order valence-electron chi connectivity index (χ1n) is 9.90. The first-order valence-corrected chi connectivity index (χ1v) is 10.3. The van der Waals surface area contributed by atoms with Crippen molar-refractivity contribution in [2.45, 2.75) is 18.8 Å². The number of benzene rings is 3. The predicted octanol–water partition coefficient (Wildman–Crippen LogP) is 6.55. The Labute approximate surface area is 188 Å². The number of hydrogen-bond donors (Lipinski definition) is 0. The molecule has 1 aliphatic rings. The highest BCUT2D eigenvalue weighted by Gasteiger charge is 2.40. The van der Waals surface area contributed by atoms with Crippen molar-refractivity contribution in [3.63, 3.8) is 0 Å². The molecule has 1 heterocycles. The standard InChI is InChI=1S/C24H20ClF3N2O2/c1-32-21-11-5-16(6-12-21)14-29-15-22(17-3-2-4-18(13-17)24(26,27)28)30(23(29)31)20-9-7-19(25)8-10-20/h2-13,22H,14-15H2,1H3. The molecule has 0 bridgehead atoms. The van der Waals surface area contributed by atoms with Crippen LogP contribution in [0.4, 0.5) is 23.7 Å². The number of carbonyl (C=O) groups excluding carboxylic acids is 1. The first kappa shape index (κ1) is 22.0. The molecule has 0 N–H and O–H groups in total. The van der Waals surface area contributed by atoms with Gasteiger partial charge in [0.05, 0.1) is 18.7 Å². The molecule has 0 saturated carbocycles. The minimum Gasteiger partial charge on any atom is -0.497 e. The van der Waals surface area contributed by atoms with Gasteiger partial charge in [0, 0.05) is 23.8 Å². The fraction of sp³-hybridized carbons (Fsp3) is 0.208. The molecule has 0 aliphatic carbocycles. The highest BCUT2D eigenvalue weighted by atomic mass is 35.5. The number of rotatable bonds is 5.